The highest BCUT2D eigenvalue weighted by Gasteiger charge is 2.16. The maximum absolute atomic E-state index is 5.77. The molecule has 1 aromatic heterocycles. The van der Waals surface area contributed by atoms with Gasteiger partial charge in [-0.3, -0.25) is 0 Å². The smallest absolute Gasteiger partial charge is 0.133 e. The summed E-state index contributed by atoms with van der Waals surface area (Å²) >= 11 is 0. The van der Waals surface area contributed by atoms with E-state index in [4.69, 9.17) is 16.2 Å². The van der Waals surface area contributed by atoms with Gasteiger partial charge in [0.1, 0.15) is 11.6 Å². The molecule has 16 heavy (non-hydrogen) atoms. The Labute approximate surface area is 95.2 Å². The number of hydrogen-bond donors (Lipinski definition) is 2. The summed E-state index contributed by atoms with van der Waals surface area (Å²) in [7, 11) is 0. The summed E-state index contributed by atoms with van der Waals surface area (Å²) in [5.74, 6) is 1.24. The second-order valence-electron chi connectivity index (χ2n) is 4.09. The SMILES string of the molecule is NCc1cnc(CC2CCCCO2)nc1N. The summed E-state index contributed by atoms with van der Waals surface area (Å²) < 4.78 is 5.63. The average molecular weight is 222 g/mol. The number of nitrogens with zero attached hydrogens (tertiary/aromatic N) is 2. The fourth-order valence-corrected chi connectivity index (χ4v) is 1.89. The predicted octanol–water partition coefficient (Wildman–Crippen LogP) is 0.629. The fraction of sp³-hybridized carbons (Fsp3) is 0.636. The van der Waals surface area contributed by atoms with Crippen LogP contribution in [0.4, 0.5) is 5.82 Å². The highest BCUT2D eigenvalue weighted by molar-refractivity contribution is 5.37. The third-order valence-corrected chi connectivity index (χ3v) is 2.85. The highest BCUT2D eigenvalue weighted by atomic mass is 16.5. The lowest BCUT2D eigenvalue weighted by Gasteiger charge is -2.21. The van der Waals surface area contributed by atoms with E-state index in [1.54, 1.807) is 6.20 Å². The van der Waals surface area contributed by atoms with Gasteiger partial charge in [-0.15, -0.1) is 0 Å². The van der Waals surface area contributed by atoms with E-state index in [1.165, 1.54) is 6.42 Å². The molecule has 1 aliphatic heterocycles. The molecular weight excluding hydrogens is 204 g/mol. The average Bonchev–Trinajstić information content (AvgIpc) is 2.31. The minimum atomic E-state index is 0.247. The lowest BCUT2D eigenvalue weighted by Crippen LogP contribution is -2.22. The van der Waals surface area contributed by atoms with Gasteiger partial charge in [-0.25, -0.2) is 9.97 Å². The molecule has 1 atom stereocenters. The van der Waals surface area contributed by atoms with Crippen LogP contribution in [0.25, 0.3) is 0 Å². The molecule has 1 aromatic rings. The van der Waals surface area contributed by atoms with Crippen LogP contribution in [0.2, 0.25) is 0 Å². The summed E-state index contributed by atoms with van der Waals surface area (Å²) in [5.41, 5.74) is 12.1. The Morgan fingerprint density at radius 2 is 2.31 bits per heavy atom. The normalized spacial score (nSPS) is 20.9. The van der Waals surface area contributed by atoms with E-state index in [1.807, 2.05) is 0 Å². The van der Waals surface area contributed by atoms with Gasteiger partial charge in [-0.05, 0) is 19.3 Å². The molecule has 0 spiro atoms. The molecule has 1 fully saturated rings. The molecule has 5 nitrogen and oxygen atoms in total. The van der Waals surface area contributed by atoms with Crippen LogP contribution in [0.3, 0.4) is 0 Å². The molecule has 0 amide bonds. The summed E-state index contributed by atoms with van der Waals surface area (Å²) in [4.78, 5) is 8.50. The lowest BCUT2D eigenvalue weighted by atomic mass is 10.1. The summed E-state index contributed by atoms with van der Waals surface area (Å²) in [5, 5.41) is 0. The first-order valence-electron chi connectivity index (χ1n) is 5.71. The van der Waals surface area contributed by atoms with Crippen molar-refractivity contribution < 1.29 is 4.74 Å². The summed E-state index contributed by atoms with van der Waals surface area (Å²) in [6, 6.07) is 0. The maximum Gasteiger partial charge on any atom is 0.133 e. The van der Waals surface area contributed by atoms with Crippen molar-refractivity contribution in [2.24, 2.45) is 5.73 Å². The van der Waals surface area contributed by atoms with E-state index in [0.717, 1.165) is 37.3 Å². The van der Waals surface area contributed by atoms with Gasteiger partial charge in [0.05, 0.1) is 6.10 Å². The van der Waals surface area contributed by atoms with Gasteiger partial charge in [0.15, 0.2) is 0 Å². The Morgan fingerprint density at radius 1 is 1.44 bits per heavy atom. The molecular formula is C11H18N4O. The van der Waals surface area contributed by atoms with E-state index in [9.17, 15) is 0 Å². The second-order valence-corrected chi connectivity index (χ2v) is 4.09. The Morgan fingerprint density at radius 3 is 2.94 bits per heavy atom. The molecule has 4 N–H and O–H groups in total. The number of hydrogen-bond acceptors (Lipinski definition) is 5. The lowest BCUT2D eigenvalue weighted by molar-refractivity contribution is 0.0156. The molecule has 2 rings (SSSR count). The molecule has 0 aromatic carbocycles. The van der Waals surface area contributed by atoms with Gasteiger partial charge in [-0.1, -0.05) is 0 Å². The Bertz CT molecular complexity index is 350. The monoisotopic (exact) mass is 222 g/mol. The van der Waals surface area contributed by atoms with Crippen LogP contribution in [0.1, 0.15) is 30.7 Å². The Kier molecular flexibility index (Phi) is 3.69. The van der Waals surface area contributed by atoms with Crippen molar-refractivity contribution in [3.05, 3.63) is 17.6 Å². The van der Waals surface area contributed by atoms with Crippen LogP contribution in [0.5, 0.6) is 0 Å². The zero-order valence-corrected chi connectivity index (χ0v) is 9.35. The van der Waals surface area contributed by atoms with E-state index in [0.29, 0.717) is 12.4 Å². The van der Waals surface area contributed by atoms with E-state index < -0.39 is 0 Å². The summed E-state index contributed by atoms with van der Waals surface area (Å²) in [6.07, 6.45) is 6.17. The number of rotatable bonds is 3. The van der Waals surface area contributed by atoms with Gasteiger partial charge < -0.3 is 16.2 Å². The van der Waals surface area contributed by atoms with Crippen molar-refractivity contribution in [2.75, 3.05) is 12.3 Å². The molecule has 0 saturated carbocycles. The van der Waals surface area contributed by atoms with Crippen molar-refractivity contribution in [1.82, 2.24) is 9.97 Å². The Balaban J connectivity index is 2.01. The van der Waals surface area contributed by atoms with Gasteiger partial charge in [0, 0.05) is 31.3 Å². The van der Waals surface area contributed by atoms with Crippen molar-refractivity contribution in [3.63, 3.8) is 0 Å². The third-order valence-electron chi connectivity index (χ3n) is 2.85. The van der Waals surface area contributed by atoms with Crippen molar-refractivity contribution in [3.8, 4) is 0 Å². The van der Waals surface area contributed by atoms with Crippen molar-refractivity contribution in [2.45, 2.75) is 38.3 Å². The van der Waals surface area contributed by atoms with Gasteiger partial charge in [0.2, 0.25) is 0 Å². The first-order chi connectivity index (χ1) is 7.79. The highest BCUT2D eigenvalue weighted by Crippen LogP contribution is 2.16. The van der Waals surface area contributed by atoms with Crippen LogP contribution in [-0.4, -0.2) is 22.7 Å². The number of anilines is 1. The van der Waals surface area contributed by atoms with Crippen LogP contribution < -0.4 is 11.5 Å². The van der Waals surface area contributed by atoms with Crippen LogP contribution >= 0.6 is 0 Å². The molecule has 1 saturated heterocycles. The first-order valence-corrected chi connectivity index (χ1v) is 5.71. The maximum atomic E-state index is 5.77. The standard InChI is InChI=1S/C11H18N4O/c12-6-8-7-14-10(15-11(8)13)5-9-3-1-2-4-16-9/h7,9H,1-6,12H2,(H2,13,14,15). The molecule has 88 valence electrons. The molecule has 0 bridgehead atoms. The number of nitrogens with two attached hydrogens (primary N) is 2. The zero-order valence-electron chi connectivity index (χ0n) is 9.35. The van der Waals surface area contributed by atoms with E-state index >= 15 is 0 Å². The topological polar surface area (TPSA) is 87.0 Å². The zero-order chi connectivity index (χ0) is 11.4. The van der Waals surface area contributed by atoms with E-state index in [2.05, 4.69) is 9.97 Å². The molecule has 1 aliphatic rings. The predicted molar refractivity (Wildman–Crippen MR) is 61.6 cm³/mol. The fourth-order valence-electron chi connectivity index (χ4n) is 1.89. The van der Waals surface area contributed by atoms with Gasteiger partial charge in [0.25, 0.3) is 0 Å². The minimum absolute atomic E-state index is 0.247. The van der Waals surface area contributed by atoms with Crippen molar-refractivity contribution >= 4 is 5.82 Å². The number of ether oxygens (including phenoxy) is 1. The van der Waals surface area contributed by atoms with Gasteiger partial charge >= 0.3 is 0 Å². The van der Waals surface area contributed by atoms with Crippen molar-refractivity contribution in [1.29, 1.82) is 0 Å². The van der Waals surface area contributed by atoms with Crippen LogP contribution in [-0.2, 0) is 17.7 Å². The molecule has 0 aliphatic carbocycles. The first kappa shape index (κ1) is 11.3. The molecule has 5 heteroatoms. The summed E-state index contributed by atoms with van der Waals surface area (Å²) in [6.45, 7) is 1.23. The molecule has 2 heterocycles. The molecule has 1 unspecified atom stereocenters. The van der Waals surface area contributed by atoms with Crippen LogP contribution in [0.15, 0.2) is 6.20 Å². The van der Waals surface area contributed by atoms with Gasteiger partial charge in [-0.2, -0.15) is 0 Å². The number of nitrogen functional groups attached to an aromatic ring is 1. The number of aromatic nitrogens is 2. The second kappa shape index (κ2) is 5.23. The minimum Gasteiger partial charge on any atom is -0.383 e. The van der Waals surface area contributed by atoms with E-state index in [-0.39, 0.29) is 6.10 Å². The molecule has 0 radical (unpaired) electrons. The van der Waals surface area contributed by atoms with Crippen LogP contribution in [0, 0.1) is 0 Å². The Hall–Kier alpha value is -1.20. The largest absolute Gasteiger partial charge is 0.383 e. The quantitative estimate of drug-likeness (QED) is 0.783. The third kappa shape index (κ3) is 2.68.